The lowest BCUT2D eigenvalue weighted by Gasteiger charge is -2.00. The Morgan fingerprint density at radius 2 is 1.63 bits per heavy atom. The number of hydrogen-bond donors (Lipinski definition) is 3. The van der Waals surface area contributed by atoms with E-state index in [1.807, 2.05) is 0 Å². The van der Waals surface area contributed by atoms with Crippen LogP contribution in [0.3, 0.4) is 0 Å². The second-order valence-corrected chi connectivity index (χ2v) is 4.15. The molecule has 1 aromatic carbocycles. The molecule has 0 spiro atoms. The van der Waals surface area contributed by atoms with E-state index in [4.69, 9.17) is 10.2 Å². The summed E-state index contributed by atoms with van der Waals surface area (Å²) in [6.07, 6.45) is 3.85. The number of carboxylic acids is 2. The lowest BCUT2D eigenvalue weighted by atomic mass is 10.2. The van der Waals surface area contributed by atoms with Gasteiger partial charge in [-0.2, -0.15) is 0 Å². The highest BCUT2D eigenvalue weighted by atomic mass is 16.4. The molecule has 0 heterocycles. The molecule has 1 aliphatic rings. The first kappa shape index (κ1) is 14.9. The zero-order valence-corrected chi connectivity index (χ0v) is 10.5. The van der Waals surface area contributed by atoms with Crippen molar-refractivity contribution in [3.8, 4) is 0 Å². The van der Waals surface area contributed by atoms with Crippen molar-refractivity contribution in [3.63, 3.8) is 0 Å². The van der Waals surface area contributed by atoms with Gasteiger partial charge in [0.2, 0.25) is 0 Å². The smallest absolute Gasteiger partial charge is 0.328 e. The molecule has 0 atom stereocenters. The Morgan fingerprint density at radius 1 is 1.11 bits per heavy atom. The first-order chi connectivity index (χ1) is 9.08. The molecule has 0 aliphatic heterocycles. The largest absolute Gasteiger partial charge is 0.478 e. The molecule has 0 saturated heterocycles. The van der Waals surface area contributed by atoms with Crippen molar-refractivity contribution in [1.29, 1.82) is 0 Å². The van der Waals surface area contributed by atoms with Crippen LogP contribution in [0.15, 0.2) is 42.5 Å². The highest BCUT2D eigenvalue weighted by molar-refractivity contribution is 5.89. The topological polar surface area (TPSA) is 86.6 Å². The molecule has 0 aromatic heterocycles. The van der Waals surface area contributed by atoms with Crippen molar-refractivity contribution in [3.05, 3.63) is 48.0 Å². The summed E-state index contributed by atoms with van der Waals surface area (Å²) >= 11 is 0. The van der Waals surface area contributed by atoms with Gasteiger partial charge in [0, 0.05) is 24.7 Å². The zero-order chi connectivity index (χ0) is 14.1. The Bertz CT molecular complexity index is 422. The standard InChI is InChI=1S/C10H13N.C4H4O4/c1-2-4-9(5-3-1)8-11-10-6-7-10;5-3(6)1-2-4(7)8/h1-5,10-11H,6-8H2;1-2H,(H,5,6)(H,7,8)/b;2-1-. The first-order valence-corrected chi connectivity index (χ1v) is 5.99. The van der Waals surface area contributed by atoms with Crippen LogP contribution < -0.4 is 5.32 Å². The predicted octanol–water partition coefficient (Wildman–Crippen LogP) is 1.65. The Kier molecular flexibility index (Phi) is 6.32. The summed E-state index contributed by atoms with van der Waals surface area (Å²) < 4.78 is 0. The minimum absolute atomic E-state index is 0.558. The maximum atomic E-state index is 9.55. The van der Waals surface area contributed by atoms with Crippen LogP contribution in [0, 0.1) is 0 Å². The van der Waals surface area contributed by atoms with E-state index in [0.717, 1.165) is 12.6 Å². The summed E-state index contributed by atoms with van der Waals surface area (Å²) in [4.78, 5) is 19.1. The fourth-order valence-corrected chi connectivity index (χ4v) is 1.29. The van der Waals surface area contributed by atoms with Gasteiger partial charge in [0.15, 0.2) is 0 Å². The van der Waals surface area contributed by atoms with Gasteiger partial charge in [-0.15, -0.1) is 0 Å². The van der Waals surface area contributed by atoms with E-state index in [1.165, 1.54) is 18.4 Å². The van der Waals surface area contributed by atoms with Crippen LogP contribution in [-0.2, 0) is 16.1 Å². The maximum Gasteiger partial charge on any atom is 0.328 e. The number of nitrogens with one attached hydrogen (secondary N) is 1. The Morgan fingerprint density at radius 3 is 2.05 bits per heavy atom. The average molecular weight is 263 g/mol. The highest BCUT2D eigenvalue weighted by Gasteiger charge is 2.19. The molecule has 2 rings (SSSR count). The van der Waals surface area contributed by atoms with E-state index < -0.39 is 11.9 Å². The number of carbonyl (C=O) groups is 2. The van der Waals surface area contributed by atoms with Gasteiger partial charge in [-0.25, -0.2) is 9.59 Å². The van der Waals surface area contributed by atoms with Crippen LogP contribution >= 0.6 is 0 Å². The summed E-state index contributed by atoms with van der Waals surface area (Å²) in [5.74, 6) is -2.51. The predicted molar refractivity (Wildman–Crippen MR) is 70.7 cm³/mol. The van der Waals surface area contributed by atoms with Crippen molar-refractivity contribution in [1.82, 2.24) is 5.32 Å². The summed E-state index contributed by atoms with van der Waals surface area (Å²) in [5, 5.41) is 19.1. The quantitative estimate of drug-likeness (QED) is 0.703. The van der Waals surface area contributed by atoms with Crippen LogP contribution in [0.4, 0.5) is 0 Å². The van der Waals surface area contributed by atoms with E-state index in [-0.39, 0.29) is 0 Å². The molecular formula is C14H17NO4. The molecule has 1 saturated carbocycles. The monoisotopic (exact) mass is 263 g/mol. The van der Waals surface area contributed by atoms with Gasteiger partial charge in [0.05, 0.1) is 0 Å². The molecule has 0 amide bonds. The molecular weight excluding hydrogens is 246 g/mol. The Balaban J connectivity index is 0.000000203. The van der Waals surface area contributed by atoms with E-state index >= 15 is 0 Å². The van der Waals surface area contributed by atoms with E-state index in [1.54, 1.807) is 0 Å². The van der Waals surface area contributed by atoms with Gasteiger partial charge in [0.25, 0.3) is 0 Å². The lowest BCUT2D eigenvalue weighted by molar-refractivity contribution is -0.134. The van der Waals surface area contributed by atoms with Crippen LogP contribution in [0.2, 0.25) is 0 Å². The molecule has 1 aliphatic carbocycles. The third kappa shape index (κ3) is 8.57. The molecule has 1 aromatic rings. The minimum atomic E-state index is -1.26. The number of benzene rings is 1. The Hall–Kier alpha value is -2.14. The fourth-order valence-electron chi connectivity index (χ4n) is 1.29. The molecule has 0 unspecified atom stereocenters. The molecule has 102 valence electrons. The molecule has 1 fully saturated rings. The maximum absolute atomic E-state index is 9.55. The van der Waals surface area contributed by atoms with Gasteiger partial charge in [-0.05, 0) is 18.4 Å². The SMILES string of the molecule is O=C(O)/C=C\C(=O)O.c1ccc(CNC2CC2)cc1. The minimum Gasteiger partial charge on any atom is -0.478 e. The number of aliphatic carboxylic acids is 2. The van der Waals surface area contributed by atoms with Crippen molar-refractivity contribution >= 4 is 11.9 Å². The molecule has 0 radical (unpaired) electrons. The molecule has 19 heavy (non-hydrogen) atoms. The van der Waals surface area contributed by atoms with Crippen molar-refractivity contribution < 1.29 is 19.8 Å². The van der Waals surface area contributed by atoms with E-state index in [2.05, 4.69) is 35.6 Å². The fraction of sp³-hybridized carbons (Fsp3) is 0.286. The normalized spacial score (nSPS) is 13.7. The van der Waals surface area contributed by atoms with Gasteiger partial charge in [-0.1, -0.05) is 30.3 Å². The Labute approximate surface area is 111 Å². The molecule has 3 N–H and O–H groups in total. The molecule has 5 heteroatoms. The first-order valence-electron chi connectivity index (χ1n) is 5.99. The highest BCUT2D eigenvalue weighted by Crippen LogP contribution is 2.19. The second-order valence-electron chi connectivity index (χ2n) is 4.15. The van der Waals surface area contributed by atoms with Gasteiger partial charge in [-0.3, -0.25) is 0 Å². The van der Waals surface area contributed by atoms with Crippen LogP contribution in [0.25, 0.3) is 0 Å². The van der Waals surface area contributed by atoms with Crippen molar-refractivity contribution in [2.45, 2.75) is 25.4 Å². The van der Waals surface area contributed by atoms with Crippen LogP contribution in [-0.4, -0.2) is 28.2 Å². The van der Waals surface area contributed by atoms with Crippen LogP contribution in [0.1, 0.15) is 18.4 Å². The van der Waals surface area contributed by atoms with Crippen molar-refractivity contribution in [2.75, 3.05) is 0 Å². The van der Waals surface area contributed by atoms with Crippen LogP contribution in [0.5, 0.6) is 0 Å². The van der Waals surface area contributed by atoms with Gasteiger partial charge >= 0.3 is 11.9 Å². The van der Waals surface area contributed by atoms with E-state index in [0.29, 0.717) is 12.2 Å². The zero-order valence-electron chi connectivity index (χ0n) is 10.5. The number of rotatable bonds is 5. The number of carboxylic acid groups (broad SMARTS) is 2. The number of hydrogen-bond acceptors (Lipinski definition) is 3. The summed E-state index contributed by atoms with van der Waals surface area (Å²) in [6.45, 7) is 1.03. The van der Waals surface area contributed by atoms with Crippen molar-refractivity contribution in [2.24, 2.45) is 0 Å². The summed E-state index contributed by atoms with van der Waals surface area (Å²) in [7, 11) is 0. The second kappa shape index (κ2) is 8.05. The van der Waals surface area contributed by atoms with Gasteiger partial charge in [0.1, 0.15) is 0 Å². The molecule has 5 nitrogen and oxygen atoms in total. The average Bonchev–Trinajstić information content (AvgIpc) is 3.20. The third-order valence-electron chi connectivity index (χ3n) is 2.38. The van der Waals surface area contributed by atoms with E-state index in [9.17, 15) is 9.59 Å². The lowest BCUT2D eigenvalue weighted by Crippen LogP contribution is -2.14. The summed E-state index contributed by atoms with van der Waals surface area (Å²) in [5.41, 5.74) is 1.39. The summed E-state index contributed by atoms with van der Waals surface area (Å²) in [6, 6.07) is 11.4. The third-order valence-corrected chi connectivity index (χ3v) is 2.38. The van der Waals surface area contributed by atoms with Gasteiger partial charge < -0.3 is 15.5 Å². The molecule has 0 bridgehead atoms.